The van der Waals surface area contributed by atoms with Gasteiger partial charge in [0.1, 0.15) is 5.75 Å². The summed E-state index contributed by atoms with van der Waals surface area (Å²) in [5.41, 5.74) is 1.12. The summed E-state index contributed by atoms with van der Waals surface area (Å²) >= 11 is 0. The van der Waals surface area contributed by atoms with Gasteiger partial charge in [0, 0.05) is 25.2 Å². The van der Waals surface area contributed by atoms with Gasteiger partial charge in [-0.15, -0.1) is 0 Å². The highest BCUT2D eigenvalue weighted by atomic mass is 16.5. The zero-order chi connectivity index (χ0) is 13.7. The predicted octanol–water partition coefficient (Wildman–Crippen LogP) is 1.77. The third kappa shape index (κ3) is 3.86. The van der Waals surface area contributed by atoms with E-state index in [1.54, 1.807) is 7.11 Å². The second kappa shape index (κ2) is 6.43. The summed E-state index contributed by atoms with van der Waals surface area (Å²) in [6, 6.07) is 7.88. The molecule has 1 saturated heterocycles. The summed E-state index contributed by atoms with van der Waals surface area (Å²) < 4.78 is 10.7. The minimum Gasteiger partial charge on any atom is -0.497 e. The van der Waals surface area contributed by atoms with Crippen molar-refractivity contribution in [3.63, 3.8) is 0 Å². The van der Waals surface area contributed by atoms with Crippen molar-refractivity contribution in [3.8, 4) is 5.75 Å². The Labute approximate surface area is 112 Å². The first-order valence-corrected chi connectivity index (χ1v) is 6.41. The van der Waals surface area contributed by atoms with Crippen molar-refractivity contribution in [2.45, 2.75) is 18.9 Å². The molecule has 1 heterocycles. The van der Waals surface area contributed by atoms with Crippen molar-refractivity contribution >= 4 is 11.7 Å². The van der Waals surface area contributed by atoms with E-state index in [1.165, 1.54) is 0 Å². The van der Waals surface area contributed by atoms with E-state index in [9.17, 15) is 4.79 Å². The Kier molecular flexibility index (Phi) is 4.63. The Morgan fingerprint density at radius 1 is 1.47 bits per heavy atom. The van der Waals surface area contributed by atoms with Crippen molar-refractivity contribution < 1.29 is 19.4 Å². The Morgan fingerprint density at radius 2 is 2.21 bits per heavy atom. The molecule has 19 heavy (non-hydrogen) atoms. The van der Waals surface area contributed by atoms with E-state index in [4.69, 9.17) is 14.6 Å². The van der Waals surface area contributed by atoms with Gasteiger partial charge >= 0.3 is 5.97 Å². The van der Waals surface area contributed by atoms with Gasteiger partial charge in [0.05, 0.1) is 19.8 Å². The molecule has 0 aromatic heterocycles. The van der Waals surface area contributed by atoms with Gasteiger partial charge in [0.15, 0.2) is 0 Å². The van der Waals surface area contributed by atoms with E-state index in [0.717, 1.165) is 24.5 Å². The van der Waals surface area contributed by atoms with E-state index in [1.807, 2.05) is 24.3 Å². The van der Waals surface area contributed by atoms with Gasteiger partial charge < -0.3 is 19.5 Å². The molecule has 104 valence electrons. The summed E-state index contributed by atoms with van der Waals surface area (Å²) in [7, 11) is 1.64. The van der Waals surface area contributed by atoms with Crippen LogP contribution in [0.15, 0.2) is 24.3 Å². The number of benzene rings is 1. The highest BCUT2D eigenvalue weighted by molar-refractivity contribution is 5.66. The third-order valence-corrected chi connectivity index (χ3v) is 3.26. The summed E-state index contributed by atoms with van der Waals surface area (Å²) in [4.78, 5) is 12.8. The van der Waals surface area contributed by atoms with Crippen molar-refractivity contribution in [1.29, 1.82) is 0 Å². The fourth-order valence-electron chi connectivity index (χ4n) is 2.21. The number of rotatable bonds is 5. The number of methoxy groups -OCH3 is 1. The second-order valence-electron chi connectivity index (χ2n) is 4.57. The van der Waals surface area contributed by atoms with Crippen molar-refractivity contribution in [1.82, 2.24) is 0 Å². The highest BCUT2D eigenvalue weighted by Crippen LogP contribution is 2.22. The molecule has 0 aliphatic carbocycles. The van der Waals surface area contributed by atoms with Gasteiger partial charge in [-0.3, -0.25) is 4.79 Å². The quantitative estimate of drug-likeness (QED) is 0.879. The highest BCUT2D eigenvalue weighted by Gasteiger charge is 2.21. The van der Waals surface area contributed by atoms with Crippen LogP contribution in [0.5, 0.6) is 5.75 Å². The molecule has 1 aromatic rings. The number of hydrogen-bond acceptors (Lipinski definition) is 4. The standard InChI is InChI=1S/C14H19NO4/c1-18-12-4-2-11(3-5-12)15-8-9-19-13(10-15)6-7-14(16)17/h2-5,13H,6-10H2,1H3,(H,16,17). The fourth-order valence-corrected chi connectivity index (χ4v) is 2.21. The van der Waals surface area contributed by atoms with Gasteiger partial charge in [-0.25, -0.2) is 0 Å². The van der Waals surface area contributed by atoms with Crippen molar-refractivity contribution in [2.24, 2.45) is 0 Å². The summed E-state index contributed by atoms with van der Waals surface area (Å²) in [5, 5.41) is 8.70. The lowest BCUT2D eigenvalue weighted by atomic mass is 10.1. The van der Waals surface area contributed by atoms with Crippen LogP contribution >= 0.6 is 0 Å². The Bertz CT molecular complexity index is 418. The van der Waals surface area contributed by atoms with Crippen LogP contribution in [-0.2, 0) is 9.53 Å². The average Bonchev–Trinajstić information content (AvgIpc) is 2.45. The van der Waals surface area contributed by atoms with Gasteiger partial charge in [0.2, 0.25) is 0 Å². The number of carboxylic acid groups (broad SMARTS) is 1. The van der Waals surface area contributed by atoms with Gasteiger partial charge in [-0.1, -0.05) is 0 Å². The van der Waals surface area contributed by atoms with Gasteiger partial charge in [-0.2, -0.15) is 0 Å². The smallest absolute Gasteiger partial charge is 0.303 e. The molecule has 0 amide bonds. The zero-order valence-electron chi connectivity index (χ0n) is 11.0. The molecule has 1 N–H and O–H groups in total. The first kappa shape index (κ1) is 13.7. The Balaban J connectivity index is 1.94. The maximum absolute atomic E-state index is 10.6. The lowest BCUT2D eigenvalue weighted by molar-refractivity contribution is -0.137. The molecule has 1 aliphatic rings. The van der Waals surface area contributed by atoms with Crippen LogP contribution in [-0.4, -0.2) is 44.0 Å². The molecule has 1 aliphatic heterocycles. The number of hydrogen-bond donors (Lipinski definition) is 1. The van der Waals surface area contributed by atoms with Crippen LogP contribution < -0.4 is 9.64 Å². The largest absolute Gasteiger partial charge is 0.497 e. The maximum atomic E-state index is 10.6. The zero-order valence-corrected chi connectivity index (χ0v) is 11.0. The molecule has 1 atom stereocenters. The predicted molar refractivity (Wildman–Crippen MR) is 71.8 cm³/mol. The molecular formula is C14H19NO4. The van der Waals surface area contributed by atoms with E-state index < -0.39 is 5.97 Å². The van der Waals surface area contributed by atoms with E-state index in [0.29, 0.717) is 13.0 Å². The van der Waals surface area contributed by atoms with Gasteiger partial charge in [0.25, 0.3) is 0 Å². The molecule has 2 rings (SSSR count). The van der Waals surface area contributed by atoms with Crippen LogP contribution in [0.2, 0.25) is 0 Å². The molecular weight excluding hydrogens is 246 g/mol. The number of carboxylic acids is 1. The normalized spacial score (nSPS) is 19.2. The SMILES string of the molecule is COc1ccc(N2CCOC(CCC(=O)O)C2)cc1. The molecule has 1 aromatic carbocycles. The Morgan fingerprint density at radius 3 is 2.84 bits per heavy atom. The summed E-state index contributed by atoms with van der Waals surface area (Å²) in [6.45, 7) is 2.20. The van der Waals surface area contributed by atoms with Crippen LogP contribution in [0.1, 0.15) is 12.8 Å². The van der Waals surface area contributed by atoms with Crippen LogP contribution in [0.3, 0.4) is 0 Å². The first-order chi connectivity index (χ1) is 9.19. The first-order valence-electron chi connectivity index (χ1n) is 6.41. The molecule has 1 fully saturated rings. The van der Waals surface area contributed by atoms with Crippen molar-refractivity contribution in [3.05, 3.63) is 24.3 Å². The number of carbonyl (C=O) groups is 1. The van der Waals surface area contributed by atoms with E-state index in [2.05, 4.69) is 4.90 Å². The summed E-state index contributed by atoms with van der Waals surface area (Å²) in [5.74, 6) is 0.0598. The van der Waals surface area contributed by atoms with Crippen LogP contribution in [0, 0.1) is 0 Å². The average molecular weight is 265 g/mol. The molecule has 1 unspecified atom stereocenters. The maximum Gasteiger partial charge on any atom is 0.303 e. The lowest BCUT2D eigenvalue weighted by Crippen LogP contribution is -2.42. The molecule has 0 bridgehead atoms. The number of anilines is 1. The summed E-state index contributed by atoms with van der Waals surface area (Å²) in [6.07, 6.45) is 0.704. The Hall–Kier alpha value is -1.75. The number of ether oxygens (including phenoxy) is 2. The molecule has 0 radical (unpaired) electrons. The van der Waals surface area contributed by atoms with Crippen molar-refractivity contribution in [2.75, 3.05) is 31.7 Å². The number of morpholine rings is 1. The topological polar surface area (TPSA) is 59.0 Å². The minimum atomic E-state index is -0.773. The van der Waals surface area contributed by atoms with Crippen LogP contribution in [0.4, 0.5) is 5.69 Å². The third-order valence-electron chi connectivity index (χ3n) is 3.26. The molecule has 0 spiro atoms. The fraction of sp³-hybridized carbons (Fsp3) is 0.500. The molecule has 5 heteroatoms. The van der Waals surface area contributed by atoms with Gasteiger partial charge in [-0.05, 0) is 30.7 Å². The lowest BCUT2D eigenvalue weighted by Gasteiger charge is -2.34. The monoisotopic (exact) mass is 265 g/mol. The minimum absolute atomic E-state index is 0.00745. The van der Waals surface area contributed by atoms with Crippen LogP contribution in [0.25, 0.3) is 0 Å². The van der Waals surface area contributed by atoms with E-state index in [-0.39, 0.29) is 12.5 Å². The number of aliphatic carboxylic acids is 1. The molecule has 0 saturated carbocycles. The molecule has 5 nitrogen and oxygen atoms in total. The second-order valence-corrected chi connectivity index (χ2v) is 4.57. The number of nitrogens with zero attached hydrogens (tertiary/aromatic N) is 1. The van der Waals surface area contributed by atoms with E-state index >= 15 is 0 Å².